The molecule has 1 aliphatic heterocycles. The number of nitrogens with zero attached hydrogens (tertiary/aromatic N) is 1. The number of hydrogen-bond acceptors (Lipinski definition) is 2. The second-order valence-corrected chi connectivity index (χ2v) is 4.89. The predicted octanol–water partition coefficient (Wildman–Crippen LogP) is 3.02. The molecule has 16 heavy (non-hydrogen) atoms. The highest BCUT2D eigenvalue weighted by atomic mass is 79.9. The lowest BCUT2D eigenvalue weighted by molar-refractivity contribution is 0.122. The molecule has 0 amide bonds. The average Bonchev–Trinajstić information content (AvgIpc) is 2.39. The van der Waals surface area contributed by atoms with E-state index in [0.29, 0.717) is 5.92 Å². The molecule has 0 N–H and O–H groups in total. The van der Waals surface area contributed by atoms with Gasteiger partial charge in [-0.2, -0.15) is 0 Å². The van der Waals surface area contributed by atoms with E-state index in [1.807, 2.05) is 0 Å². The summed E-state index contributed by atoms with van der Waals surface area (Å²) in [5.74, 6) is 0.582. The van der Waals surface area contributed by atoms with Crippen molar-refractivity contribution in [3.05, 3.63) is 29.8 Å². The van der Waals surface area contributed by atoms with Crippen LogP contribution in [0.25, 0.3) is 0 Å². The van der Waals surface area contributed by atoms with E-state index in [1.54, 1.807) is 0 Å². The zero-order valence-corrected chi connectivity index (χ0v) is 11.2. The fraction of sp³-hybridized carbons (Fsp3) is 0.538. The van der Waals surface area contributed by atoms with Crippen LogP contribution in [-0.2, 0) is 4.74 Å². The van der Waals surface area contributed by atoms with Crippen LogP contribution in [0.3, 0.4) is 0 Å². The Hall–Kier alpha value is -0.540. The fourth-order valence-electron chi connectivity index (χ4n) is 1.92. The molecule has 1 aliphatic rings. The van der Waals surface area contributed by atoms with Crippen LogP contribution in [0, 0.1) is 0 Å². The van der Waals surface area contributed by atoms with Crippen molar-refractivity contribution in [3.63, 3.8) is 0 Å². The molecular formula is C13H18BrNO. The van der Waals surface area contributed by atoms with Crippen LogP contribution in [0.15, 0.2) is 24.3 Å². The Labute approximate surface area is 106 Å². The minimum absolute atomic E-state index is 0.582. The quantitative estimate of drug-likeness (QED) is 0.791. The highest BCUT2D eigenvalue weighted by molar-refractivity contribution is 9.09. The molecule has 2 rings (SSSR count). The van der Waals surface area contributed by atoms with Crippen LogP contribution in [-0.4, -0.2) is 31.6 Å². The minimum atomic E-state index is 0.582. The summed E-state index contributed by atoms with van der Waals surface area (Å²) < 4.78 is 5.35. The molecule has 0 saturated carbocycles. The van der Waals surface area contributed by atoms with Crippen molar-refractivity contribution in [3.8, 4) is 0 Å². The van der Waals surface area contributed by atoms with Crippen LogP contribution in [0.4, 0.5) is 5.69 Å². The van der Waals surface area contributed by atoms with Gasteiger partial charge in [-0.05, 0) is 23.6 Å². The first kappa shape index (κ1) is 11.9. The van der Waals surface area contributed by atoms with Gasteiger partial charge in [-0.3, -0.25) is 0 Å². The summed E-state index contributed by atoms with van der Waals surface area (Å²) in [5, 5.41) is 1.02. The predicted molar refractivity (Wildman–Crippen MR) is 71.7 cm³/mol. The summed E-state index contributed by atoms with van der Waals surface area (Å²) in [6.07, 6.45) is 0. The summed E-state index contributed by atoms with van der Waals surface area (Å²) >= 11 is 3.52. The van der Waals surface area contributed by atoms with Crippen LogP contribution < -0.4 is 4.90 Å². The van der Waals surface area contributed by atoms with Crippen molar-refractivity contribution in [2.75, 3.05) is 36.5 Å². The van der Waals surface area contributed by atoms with Gasteiger partial charge in [0.1, 0.15) is 0 Å². The third-order valence-corrected chi connectivity index (χ3v) is 4.04. The molecule has 1 aromatic rings. The van der Waals surface area contributed by atoms with Crippen molar-refractivity contribution in [1.82, 2.24) is 0 Å². The molecule has 0 aliphatic carbocycles. The number of benzene rings is 1. The van der Waals surface area contributed by atoms with Crippen LogP contribution in [0.2, 0.25) is 0 Å². The maximum atomic E-state index is 5.35. The van der Waals surface area contributed by atoms with Crippen molar-refractivity contribution in [2.24, 2.45) is 0 Å². The Morgan fingerprint density at radius 3 is 2.44 bits per heavy atom. The monoisotopic (exact) mass is 283 g/mol. The first-order valence-corrected chi connectivity index (χ1v) is 6.92. The molecule has 0 spiro atoms. The molecule has 0 aromatic heterocycles. The van der Waals surface area contributed by atoms with Gasteiger partial charge in [-0.15, -0.1) is 0 Å². The number of alkyl halides is 1. The van der Waals surface area contributed by atoms with Crippen LogP contribution in [0.5, 0.6) is 0 Å². The lowest BCUT2D eigenvalue weighted by Gasteiger charge is -2.29. The minimum Gasteiger partial charge on any atom is -0.378 e. The van der Waals surface area contributed by atoms with E-state index in [4.69, 9.17) is 4.74 Å². The van der Waals surface area contributed by atoms with E-state index in [0.717, 1.165) is 31.6 Å². The molecule has 1 fully saturated rings. The molecule has 1 unspecified atom stereocenters. The maximum Gasteiger partial charge on any atom is 0.0642 e. The Bertz CT molecular complexity index is 319. The molecule has 3 heteroatoms. The highest BCUT2D eigenvalue weighted by Gasteiger charge is 2.11. The number of morpholine rings is 1. The zero-order valence-electron chi connectivity index (χ0n) is 9.66. The SMILES string of the molecule is CC(CBr)c1ccc(N2CCOCC2)cc1. The fourth-order valence-corrected chi connectivity index (χ4v) is 2.30. The van der Waals surface area contributed by atoms with E-state index in [1.165, 1.54) is 11.3 Å². The normalized spacial score (nSPS) is 18.5. The van der Waals surface area contributed by atoms with Crippen molar-refractivity contribution >= 4 is 21.6 Å². The summed E-state index contributed by atoms with van der Waals surface area (Å²) in [5.41, 5.74) is 2.71. The van der Waals surface area contributed by atoms with E-state index < -0.39 is 0 Å². The van der Waals surface area contributed by atoms with Gasteiger partial charge in [0.2, 0.25) is 0 Å². The molecule has 1 atom stereocenters. The second kappa shape index (κ2) is 5.69. The Morgan fingerprint density at radius 1 is 1.25 bits per heavy atom. The van der Waals surface area contributed by atoms with Gasteiger partial charge in [0.05, 0.1) is 13.2 Å². The van der Waals surface area contributed by atoms with Gasteiger partial charge >= 0.3 is 0 Å². The standard InChI is InChI=1S/C13H18BrNO/c1-11(10-14)12-2-4-13(5-3-12)15-6-8-16-9-7-15/h2-5,11H,6-10H2,1H3. The van der Waals surface area contributed by atoms with Crippen LogP contribution >= 0.6 is 15.9 Å². The number of rotatable bonds is 3. The molecule has 1 saturated heterocycles. The summed E-state index contributed by atoms with van der Waals surface area (Å²) in [4.78, 5) is 2.38. The first-order chi connectivity index (χ1) is 7.81. The van der Waals surface area contributed by atoms with Gasteiger partial charge in [0.25, 0.3) is 0 Å². The Kier molecular flexibility index (Phi) is 4.24. The van der Waals surface area contributed by atoms with Crippen LogP contribution in [0.1, 0.15) is 18.4 Å². The maximum absolute atomic E-state index is 5.35. The van der Waals surface area contributed by atoms with Gasteiger partial charge in [-0.25, -0.2) is 0 Å². The molecule has 0 radical (unpaired) electrons. The van der Waals surface area contributed by atoms with Gasteiger partial charge in [-0.1, -0.05) is 35.0 Å². The molecule has 0 bridgehead atoms. The molecular weight excluding hydrogens is 266 g/mol. The topological polar surface area (TPSA) is 12.5 Å². The number of halogens is 1. The molecule has 1 heterocycles. The summed E-state index contributed by atoms with van der Waals surface area (Å²) in [6, 6.07) is 8.91. The third kappa shape index (κ3) is 2.77. The Morgan fingerprint density at radius 2 is 1.88 bits per heavy atom. The highest BCUT2D eigenvalue weighted by Crippen LogP contribution is 2.22. The van der Waals surface area contributed by atoms with Gasteiger partial charge in [0, 0.05) is 24.1 Å². The zero-order chi connectivity index (χ0) is 11.4. The van der Waals surface area contributed by atoms with E-state index >= 15 is 0 Å². The molecule has 88 valence electrons. The number of ether oxygens (including phenoxy) is 1. The van der Waals surface area contributed by atoms with Crippen molar-refractivity contribution in [1.29, 1.82) is 0 Å². The van der Waals surface area contributed by atoms with Gasteiger partial charge < -0.3 is 9.64 Å². The second-order valence-electron chi connectivity index (χ2n) is 4.25. The lowest BCUT2D eigenvalue weighted by Crippen LogP contribution is -2.36. The first-order valence-electron chi connectivity index (χ1n) is 5.80. The van der Waals surface area contributed by atoms with E-state index in [9.17, 15) is 0 Å². The van der Waals surface area contributed by atoms with Crippen molar-refractivity contribution in [2.45, 2.75) is 12.8 Å². The lowest BCUT2D eigenvalue weighted by atomic mass is 10.0. The smallest absolute Gasteiger partial charge is 0.0642 e. The van der Waals surface area contributed by atoms with Crippen molar-refractivity contribution < 1.29 is 4.74 Å². The number of hydrogen-bond donors (Lipinski definition) is 0. The van der Waals surface area contributed by atoms with Gasteiger partial charge in [0.15, 0.2) is 0 Å². The third-order valence-electron chi connectivity index (χ3n) is 3.07. The number of anilines is 1. The molecule has 1 aromatic carbocycles. The van der Waals surface area contributed by atoms with E-state index in [-0.39, 0.29) is 0 Å². The average molecular weight is 284 g/mol. The summed E-state index contributed by atoms with van der Waals surface area (Å²) in [6.45, 7) is 5.94. The van der Waals surface area contributed by atoms with E-state index in [2.05, 4.69) is 52.0 Å². The summed E-state index contributed by atoms with van der Waals surface area (Å²) in [7, 11) is 0. The largest absolute Gasteiger partial charge is 0.378 e. The molecule has 2 nitrogen and oxygen atoms in total. The Balaban J connectivity index is 2.06.